The highest BCUT2D eigenvalue weighted by Gasteiger charge is 2.39. The molecule has 100 valence electrons. The standard InChI is InChI=1S/C11H10Br2F2O3/c1-2-17-9(16)7-4-3-5-8(6-7)18-11(14,15)10(12)13/h3-6,10H,2H2,1H3. The van der Waals surface area contributed by atoms with E-state index in [4.69, 9.17) is 4.74 Å². The predicted molar refractivity (Wildman–Crippen MR) is 69.6 cm³/mol. The third-order valence-electron chi connectivity index (χ3n) is 1.85. The number of halogens is 4. The molecule has 1 aromatic carbocycles. The van der Waals surface area contributed by atoms with Crippen LogP contribution in [0.4, 0.5) is 8.78 Å². The van der Waals surface area contributed by atoms with Gasteiger partial charge in [-0.25, -0.2) is 4.79 Å². The van der Waals surface area contributed by atoms with Gasteiger partial charge in [0, 0.05) is 0 Å². The van der Waals surface area contributed by atoms with Crippen molar-refractivity contribution in [1.29, 1.82) is 0 Å². The third kappa shape index (κ3) is 4.20. The van der Waals surface area contributed by atoms with Crippen molar-refractivity contribution in [2.75, 3.05) is 6.61 Å². The second-order valence-electron chi connectivity index (χ2n) is 3.21. The van der Waals surface area contributed by atoms with Crippen molar-refractivity contribution in [3.8, 4) is 5.75 Å². The first-order valence-corrected chi connectivity index (χ1v) is 6.82. The first kappa shape index (κ1) is 15.4. The van der Waals surface area contributed by atoms with Crippen molar-refractivity contribution in [2.24, 2.45) is 0 Å². The molecule has 0 amide bonds. The van der Waals surface area contributed by atoms with E-state index in [9.17, 15) is 13.6 Å². The van der Waals surface area contributed by atoms with Gasteiger partial charge in [0.05, 0.1) is 12.2 Å². The van der Waals surface area contributed by atoms with Crippen molar-refractivity contribution >= 4 is 37.8 Å². The summed E-state index contributed by atoms with van der Waals surface area (Å²) >= 11 is 5.35. The van der Waals surface area contributed by atoms with Gasteiger partial charge in [0.15, 0.2) is 3.74 Å². The zero-order valence-corrected chi connectivity index (χ0v) is 12.5. The molecule has 0 N–H and O–H groups in total. The lowest BCUT2D eigenvalue weighted by atomic mass is 10.2. The highest BCUT2D eigenvalue weighted by Crippen LogP contribution is 2.32. The van der Waals surface area contributed by atoms with Crippen LogP contribution in [0.2, 0.25) is 0 Å². The summed E-state index contributed by atoms with van der Waals surface area (Å²) in [5.74, 6) is -0.699. The normalized spacial score (nSPS) is 11.4. The number of alkyl halides is 4. The number of ether oxygens (including phenoxy) is 2. The highest BCUT2D eigenvalue weighted by molar-refractivity contribution is 9.24. The molecule has 0 unspecified atom stereocenters. The minimum atomic E-state index is -3.44. The van der Waals surface area contributed by atoms with Crippen molar-refractivity contribution in [3.63, 3.8) is 0 Å². The van der Waals surface area contributed by atoms with E-state index in [1.165, 1.54) is 24.3 Å². The van der Waals surface area contributed by atoms with Gasteiger partial charge in [-0.1, -0.05) is 37.9 Å². The summed E-state index contributed by atoms with van der Waals surface area (Å²) in [7, 11) is 0. The number of esters is 1. The molecular weight excluding hydrogens is 378 g/mol. The molecule has 0 aromatic heterocycles. The Morgan fingerprint density at radius 1 is 1.44 bits per heavy atom. The van der Waals surface area contributed by atoms with Gasteiger partial charge in [0.1, 0.15) is 5.75 Å². The summed E-state index contributed by atoms with van der Waals surface area (Å²) in [6.07, 6.45) is -3.44. The Hall–Kier alpha value is -0.690. The highest BCUT2D eigenvalue weighted by atomic mass is 79.9. The first-order chi connectivity index (χ1) is 8.36. The Morgan fingerprint density at radius 3 is 2.67 bits per heavy atom. The van der Waals surface area contributed by atoms with Crippen LogP contribution in [-0.2, 0) is 4.74 Å². The summed E-state index contributed by atoms with van der Waals surface area (Å²) < 4.78 is 34.5. The monoisotopic (exact) mass is 386 g/mol. The van der Waals surface area contributed by atoms with Crippen LogP contribution in [0.3, 0.4) is 0 Å². The van der Waals surface area contributed by atoms with E-state index >= 15 is 0 Å². The Balaban J connectivity index is 2.86. The van der Waals surface area contributed by atoms with Gasteiger partial charge in [0.2, 0.25) is 0 Å². The quantitative estimate of drug-likeness (QED) is 0.566. The summed E-state index contributed by atoms with van der Waals surface area (Å²) in [6.45, 7) is 1.87. The van der Waals surface area contributed by atoms with E-state index in [0.717, 1.165) is 0 Å². The number of carbonyl (C=O) groups excluding carboxylic acids is 1. The number of carbonyl (C=O) groups is 1. The molecule has 0 aliphatic carbocycles. The predicted octanol–water partition coefficient (Wildman–Crippen LogP) is 3.95. The van der Waals surface area contributed by atoms with Crippen LogP contribution in [0.5, 0.6) is 5.75 Å². The summed E-state index contributed by atoms with van der Waals surface area (Å²) in [5.41, 5.74) is 0.158. The fourth-order valence-corrected chi connectivity index (χ4v) is 1.29. The molecule has 0 aliphatic rings. The molecule has 0 fully saturated rings. The lowest BCUT2D eigenvalue weighted by Crippen LogP contribution is -2.31. The summed E-state index contributed by atoms with van der Waals surface area (Å²) in [5, 5.41) is 0. The van der Waals surface area contributed by atoms with Crippen LogP contribution in [0, 0.1) is 0 Å². The van der Waals surface area contributed by atoms with Gasteiger partial charge in [-0.05, 0) is 25.1 Å². The van der Waals surface area contributed by atoms with Crippen molar-refractivity contribution in [3.05, 3.63) is 29.8 Å². The summed E-state index contributed by atoms with van der Waals surface area (Å²) in [4.78, 5) is 11.4. The Morgan fingerprint density at radius 2 is 2.11 bits per heavy atom. The second-order valence-corrected chi connectivity index (χ2v) is 6.27. The molecule has 0 atom stereocenters. The van der Waals surface area contributed by atoms with Gasteiger partial charge < -0.3 is 9.47 Å². The van der Waals surface area contributed by atoms with E-state index in [1.54, 1.807) is 6.92 Å². The smallest absolute Gasteiger partial charge is 0.420 e. The van der Waals surface area contributed by atoms with E-state index in [-0.39, 0.29) is 17.9 Å². The van der Waals surface area contributed by atoms with Gasteiger partial charge in [-0.2, -0.15) is 8.78 Å². The summed E-state index contributed by atoms with van der Waals surface area (Å²) in [6, 6.07) is 5.44. The fraction of sp³-hybridized carbons (Fsp3) is 0.364. The Bertz CT molecular complexity index is 425. The Labute approximate surface area is 120 Å². The first-order valence-electron chi connectivity index (χ1n) is 4.99. The molecule has 0 saturated heterocycles. The molecule has 0 aliphatic heterocycles. The lowest BCUT2D eigenvalue weighted by molar-refractivity contribution is -0.158. The Kier molecular flexibility index (Phi) is 5.52. The van der Waals surface area contributed by atoms with Gasteiger partial charge >= 0.3 is 12.1 Å². The molecule has 0 bridgehead atoms. The van der Waals surface area contributed by atoms with Crippen LogP contribution in [0.25, 0.3) is 0 Å². The molecule has 18 heavy (non-hydrogen) atoms. The lowest BCUT2D eigenvalue weighted by Gasteiger charge is -2.19. The largest absolute Gasteiger partial charge is 0.462 e. The fourth-order valence-electron chi connectivity index (χ4n) is 1.10. The van der Waals surface area contributed by atoms with E-state index < -0.39 is 15.8 Å². The minimum Gasteiger partial charge on any atom is -0.462 e. The van der Waals surface area contributed by atoms with Crippen LogP contribution >= 0.6 is 31.9 Å². The van der Waals surface area contributed by atoms with Crippen molar-refractivity contribution in [1.82, 2.24) is 0 Å². The molecule has 0 spiro atoms. The number of benzene rings is 1. The molecular formula is C11H10Br2F2O3. The average Bonchev–Trinajstić information content (AvgIpc) is 2.29. The topological polar surface area (TPSA) is 35.5 Å². The van der Waals surface area contributed by atoms with Crippen LogP contribution in [0.1, 0.15) is 17.3 Å². The maximum absolute atomic E-state index is 13.3. The zero-order chi connectivity index (χ0) is 13.8. The number of hydrogen-bond acceptors (Lipinski definition) is 3. The molecule has 1 aromatic rings. The molecule has 7 heteroatoms. The van der Waals surface area contributed by atoms with E-state index in [2.05, 4.69) is 36.6 Å². The maximum Gasteiger partial charge on any atom is 0.420 e. The maximum atomic E-state index is 13.3. The molecule has 3 nitrogen and oxygen atoms in total. The minimum absolute atomic E-state index is 0.116. The van der Waals surface area contributed by atoms with Gasteiger partial charge in [0.25, 0.3) is 0 Å². The number of hydrogen-bond donors (Lipinski definition) is 0. The third-order valence-corrected chi connectivity index (χ3v) is 2.92. The molecule has 1 rings (SSSR count). The molecule has 0 saturated carbocycles. The van der Waals surface area contributed by atoms with Crippen LogP contribution < -0.4 is 4.74 Å². The number of rotatable bonds is 5. The van der Waals surface area contributed by atoms with Crippen LogP contribution in [0.15, 0.2) is 24.3 Å². The zero-order valence-electron chi connectivity index (χ0n) is 9.33. The van der Waals surface area contributed by atoms with E-state index in [0.29, 0.717) is 0 Å². The van der Waals surface area contributed by atoms with Crippen molar-refractivity contribution < 1.29 is 23.0 Å². The SMILES string of the molecule is CCOC(=O)c1cccc(OC(F)(F)C(Br)Br)c1. The molecule has 0 heterocycles. The van der Waals surface area contributed by atoms with E-state index in [1.807, 2.05) is 0 Å². The average molecular weight is 388 g/mol. The van der Waals surface area contributed by atoms with Gasteiger partial charge in [-0.3, -0.25) is 0 Å². The van der Waals surface area contributed by atoms with Gasteiger partial charge in [-0.15, -0.1) is 0 Å². The van der Waals surface area contributed by atoms with Crippen LogP contribution in [-0.4, -0.2) is 22.4 Å². The van der Waals surface area contributed by atoms with Crippen molar-refractivity contribution in [2.45, 2.75) is 16.8 Å². The molecule has 0 radical (unpaired) electrons. The second kappa shape index (κ2) is 6.47.